The first-order valence-corrected chi connectivity index (χ1v) is 9.44. The lowest BCUT2D eigenvalue weighted by atomic mass is 9.78. The van der Waals surface area contributed by atoms with Crippen LogP contribution >= 0.6 is 12.4 Å². The zero-order chi connectivity index (χ0) is 19.0. The molecular weight excluding hydrogens is 342 g/mol. The summed E-state index contributed by atoms with van der Waals surface area (Å²) in [6, 6.07) is 6.77. The fraction of sp³-hybridized carbons (Fsp3) is 0.609. The molecule has 1 unspecified atom stereocenters. The van der Waals surface area contributed by atoms with Crippen LogP contribution in [0.5, 0.6) is 0 Å². The molecule has 0 N–H and O–H groups in total. The molecular formula is C23H36ClNO. The number of benzene rings is 1. The van der Waals surface area contributed by atoms with Gasteiger partial charge in [0.15, 0.2) is 5.78 Å². The Hall–Kier alpha value is -1.12. The van der Waals surface area contributed by atoms with Gasteiger partial charge in [0.25, 0.3) is 0 Å². The molecule has 0 spiro atoms. The molecule has 1 aliphatic rings. The number of Topliss-reactive ketones (excluding diaryl/α,β-unsaturated/α-hetero) is 1. The smallest absolute Gasteiger partial charge is 0.163 e. The maximum Gasteiger partial charge on any atom is 0.163 e. The summed E-state index contributed by atoms with van der Waals surface area (Å²) in [5, 5.41) is 0. The summed E-state index contributed by atoms with van der Waals surface area (Å²) in [7, 11) is 4.08. The summed E-state index contributed by atoms with van der Waals surface area (Å²) >= 11 is 0. The molecule has 0 amide bonds. The van der Waals surface area contributed by atoms with Crippen LogP contribution in [-0.4, -0.2) is 31.3 Å². The Kier molecular flexibility index (Phi) is 7.29. The number of rotatable bonds is 3. The number of hydrogen-bond acceptors (Lipinski definition) is 2. The van der Waals surface area contributed by atoms with Crippen molar-refractivity contribution in [2.45, 2.75) is 65.2 Å². The second kappa shape index (κ2) is 8.27. The zero-order valence-corrected chi connectivity index (χ0v) is 18.6. The van der Waals surface area contributed by atoms with E-state index in [0.29, 0.717) is 5.78 Å². The fourth-order valence-electron chi connectivity index (χ4n) is 3.59. The Balaban J connectivity index is 0.00000338. The van der Waals surface area contributed by atoms with E-state index in [1.54, 1.807) is 0 Å². The number of ketones is 1. The lowest BCUT2D eigenvalue weighted by Crippen LogP contribution is -2.24. The molecule has 1 atom stereocenters. The van der Waals surface area contributed by atoms with Gasteiger partial charge in [-0.3, -0.25) is 4.79 Å². The van der Waals surface area contributed by atoms with Gasteiger partial charge in [0.2, 0.25) is 0 Å². The summed E-state index contributed by atoms with van der Waals surface area (Å²) in [5.41, 5.74) is 5.07. The summed E-state index contributed by atoms with van der Waals surface area (Å²) < 4.78 is 0. The summed E-state index contributed by atoms with van der Waals surface area (Å²) in [6.45, 7) is 14.4. The minimum atomic E-state index is 0. The number of allylic oxidation sites excluding steroid dienone is 1. The first kappa shape index (κ1) is 22.9. The minimum Gasteiger partial charge on any atom is -0.309 e. The van der Waals surface area contributed by atoms with Crippen molar-refractivity contribution in [3.05, 3.63) is 40.5 Å². The van der Waals surface area contributed by atoms with Crippen molar-refractivity contribution in [1.29, 1.82) is 0 Å². The van der Waals surface area contributed by atoms with Crippen LogP contribution in [0.2, 0.25) is 0 Å². The van der Waals surface area contributed by atoms with Crippen LogP contribution in [0.25, 0.3) is 6.08 Å². The number of carbonyl (C=O) groups is 1. The molecule has 0 bridgehead atoms. The SMILES string of the molecule is CN(C)CC1CC/C(=C/c2ccc(C(C)(C)C)cc2C(C)(C)C)C1=O.Cl. The van der Waals surface area contributed by atoms with Crippen LogP contribution in [0.15, 0.2) is 23.8 Å². The third-order valence-electron chi connectivity index (χ3n) is 5.09. The third-order valence-corrected chi connectivity index (χ3v) is 5.09. The summed E-state index contributed by atoms with van der Waals surface area (Å²) in [6.07, 6.45) is 4.04. The molecule has 3 heteroatoms. The van der Waals surface area contributed by atoms with Crippen LogP contribution in [0.4, 0.5) is 0 Å². The van der Waals surface area contributed by atoms with Crippen molar-refractivity contribution in [1.82, 2.24) is 4.90 Å². The van der Waals surface area contributed by atoms with E-state index in [1.807, 2.05) is 14.1 Å². The van der Waals surface area contributed by atoms with Crippen molar-refractivity contribution in [3.8, 4) is 0 Å². The molecule has 0 radical (unpaired) electrons. The Morgan fingerprint density at radius 1 is 1.08 bits per heavy atom. The lowest BCUT2D eigenvalue weighted by Gasteiger charge is -2.27. The average molecular weight is 378 g/mol. The molecule has 26 heavy (non-hydrogen) atoms. The lowest BCUT2D eigenvalue weighted by molar-refractivity contribution is -0.118. The normalized spacial score (nSPS) is 20.0. The molecule has 1 aromatic rings. The standard InChI is InChI=1S/C23H35NO.ClH/c1-22(2,3)19-12-11-16(20(14-19)23(4,5)6)13-17-9-10-18(21(17)25)15-24(7)8;/h11-14,18H,9-10,15H2,1-8H3;1H/b17-13-;. The molecule has 1 saturated carbocycles. The van der Waals surface area contributed by atoms with Gasteiger partial charge in [-0.15, -0.1) is 12.4 Å². The highest BCUT2D eigenvalue weighted by Crippen LogP contribution is 2.35. The topological polar surface area (TPSA) is 20.3 Å². The van der Waals surface area contributed by atoms with E-state index in [1.165, 1.54) is 16.7 Å². The number of carbonyl (C=O) groups excluding carboxylic acids is 1. The van der Waals surface area contributed by atoms with Crippen LogP contribution in [-0.2, 0) is 15.6 Å². The van der Waals surface area contributed by atoms with Crippen molar-refractivity contribution in [2.75, 3.05) is 20.6 Å². The van der Waals surface area contributed by atoms with E-state index in [9.17, 15) is 4.79 Å². The monoisotopic (exact) mass is 377 g/mol. The maximum atomic E-state index is 12.7. The van der Waals surface area contributed by atoms with Crippen molar-refractivity contribution in [2.24, 2.45) is 5.92 Å². The summed E-state index contributed by atoms with van der Waals surface area (Å²) in [5.74, 6) is 0.502. The molecule has 2 nitrogen and oxygen atoms in total. The predicted molar refractivity (Wildman–Crippen MR) is 115 cm³/mol. The molecule has 2 rings (SSSR count). The molecule has 0 heterocycles. The third kappa shape index (κ3) is 5.44. The van der Waals surface area contributed by atoms with Gasteiger partial charge in [-0.1, -0.05) is 59.7 Å². The quantitative estimate of drug-likeness (QED) is 0.636. The van der Waals surface area contributed by atoms with Crippen LogP contribution in [0.1, 0.15) is 71.1 Å². The summed E-state index contributed by atoms with van der Waals surface area (Å²) in [4.78, 5) is 14.9. The second-order valence-corrected chi connectivity index (χ2v) is 9.83. The van der Waals surface area contributed by atoms with Gasteiger partial charge in [-0.25, -0.2) is 0 Å². The highest BCUT2D eigenvalue weighted by Gasteiger charge is 2.30. The molecule has 0 aliphatic heterocycles. The zero-order valence-electron chi connectivity index (χ0n) is 17.8. The number of halogens is 1. The molecule has 0 aromatic heterocycles. The average Bonchev–Trinajstić information content (AvgIpc) is 2.78. The van der Waals surface area contributed by atoms with E-state index < -0.39 is 0 Å². The highest BCUT2D eigenvalue weighted by atomic mass is 35.5. The minimum absolute atomic E-state index is 0. The van der Waals surface area contributed by atoms with Gasteiger partial charge >= 0.3 is 0 Å². The van der Waals surface area contributed by atoms with Gasteiger partial charge in [0.1, 0.15) is 0 Å². The van der Waals surface area contributed by atoms with E-state index in [2.05, 4.69) is 70.7 Å². The van der Waals surface area contributed by atoms with Gasteiger partial charge < -0.3 is 4.90 Å². The second-order valence-electron chi connectivity index (χ2n) is 9.83. The van der Waals surface area contributed by atoms with Crippen molar-refractivity contribution >= 4 is 24.3 Å². The van der Waals surface area contributed by atoms with Gasteiger partial charge in [-0.05, 0) is 66.1 Å². The Bertz CT molecular complexity index is 674. The first-order chi connectivity index (χ1) is 11.4. The van der Waals surface area contributed by atoms with E-state index in [4.69, 9.17) is 0 Å². The molecule has 146 valence electrons. The molecule has 1 aromatic carbocycles. The van der Waals surface area contributed by atoms with Crippen LogP contribution in [0.3, 0.4) is 0 Å². The van der Waals surface area contributed by atoms with Gasteiger partial charge in [0, 0.05) is 12.5 Å². The van der Waals surface area contributed by atoms with E-state index in [-0.39, 0.29) is 29.2 Å². The molecule has 1 fully saturated rings. The molecule has 0 saturated heterocycles. The highest BCUT2D eigenvalue weighted by molar-refractivity contribution is 6.03. The number of nitrogens with zero attached hydrogens (tertiary/aromatic N) is 1. The maximum absolute atomic E-state index is 12.7. The van der Waals surface area contributed by atoms with Crippen LogP contribution in [0, 0.1) is 5.92 Å². The van der Waals surface area contributed by atoms with Gasteiger partial charge in [-0.2, -0.15) is 0 Å². The Morgan fingerprint density at radius 3 is 2.19 bits per heavy atom. The predicted octanol–water partition coefficient (Wildman–Crippen LogP) is 5.63. The largest absolute Gasteiger partial charge is 0.309 e. The Labute approximate surface area is 166 Å². The van der Waals surface area contributed by atoms with Crippen molar-refractivity contribution in [3.63, 3.8) is 0 Å². The van der Waals surface area contributed by atoms with Crippen molar-refractivity contribution < 1.29 is 4.79 Å². The van der Waals surface area contributed by atoms with Crippen LogP contribution < -0.4 is 0 Å². The van der Waals surface area contributed by atoms with E-state index in [0.717, 1.165) is 25.0 Å². The van der Waals surface area contributed by atoms with Gasteiger partial charge in [0.05, 0.1) is 0 Å². The molecule has 1 aliphatic carbocycles. The first-order valence-electron chi connectivity index (χ1n) is 9.44. The Morgan fingerprint density at radius 2 is 1.69 bits per heavy atom. The fourth-order valence-corrected chi connectivity index (χ4v) is 3.59. The number of hydrogen-bond donors (Lipinski definition) is 0. The van der Waals surface area contributed by atoms with E-state index >= 15 is 0 Å².